The fourth-order valence-electron chi connectivity index (χ4n) is 4.68. The molecule has 0 aliphatic carbocycles. The molecule has 6 aromatic rings. The molecular weight excluding hydrogens is 515 g/mol. The molecule has 0 saturated carbocycles. The topological polar surface area (TPSA) is 129 Å². The van der Waals surface area contributed by atoms with Crippen molar-refractivity contribution in [2.75, 3.05) is 0 Å². The SMILES string of the molecule is O=C(O)CCCCc1nc2cc(-c3cc(Cn4nnc5ccccc54)on3)ccc2c(=O)n1-c1ccc(F)cc1. The number of carboxylic acids is 1. The summed E-state index contributed by atoms with van der Waals surface area (Å²) < 4.78 is 22.3. The number of fused-ring (bicyclic) bond motifs is 2. The standard InChI is InChI=1S/C29H23FN6O4/c30-19-10-12-20(13-11-19)36-27(7-3-4-8-28(37)38)31-25-15-18(9-14-22(25)29(36)39)24-16-21(40-33-24)17-35-26-6-2-1-5-23(26)32-34-35/h1-2,5-6,9-16H,3-4,7-8,17H2,(H,37,38). The van der Waals surface area contributed by atoms with E-state index in [1.165, 1.54) is 28.8 Å². The highest BCUT2D eigenvalue weighted by Gasteiger charge is 2.16. The van der Waals surface area contributed by atoms with Gasteiger partial charge in [0.1, 0.15) is 29.4 Å². The maximum Gasteiger partial charge on any atom is 0.303 e. The number of aliphatic carboxylic acids is 1. The molecule has 0 radical (unpaired) electrons. The van der Waals surface area contributed by atoms with Crippen LogP contribution in [0.25, 0.3) is 38.9 Å². The lowest BCUT2D eigenvalue weighted by Gasteiger charge is -2.14. The van der Waals surface area contributed by atoms with Gasteiger partial charge < -0.3 is 9.63 Å². The van der Waals surface area contributed by atoms with Gasteiger partial charge in [0.15, 0.2) is 5.76 Å². The maximum atomic E-state index is 13.6. The summed E-state index contributed by atoms with van der Waals surface area (Å²) in [5.41, 5.74) is 3.62. The van der Waals surface area contributed by atoms with Gasteiger partial charge in [-0.05, 0) is 61.4 Å². The molecule has 200 valence electrons. The normalized spacial score (nSPS) is 11.4. The van der Waals surface area contributed by atoms with E-state index in [9.17, 15) is 14.0 Å². The van der Waals surface area contributed by atoms with Crippen LogP contribution in [-0.4, -0.2) is 40.8 Å². The third-order valence-corrected chi connectivity index (χ3v) is 6.65. The molecule has 0 aliphatic rings. The predicted molar refractivity (Wildman–Crippen MR) is 145 cm³/mol. The number of rotatable bonds is 9. The van der Waals surface area contributed by atoms with Crippen molar-refractivity contribution in [2.45, 2.75) is 32.2 Å². The highest BCUT2D eigenvalue weighted by atomic mass is 19.1. The van der Waals surface area contributed by atoms with Crippen molar-refractivity contribution in [2.24, 2.45) is 0 Å². The van der Waals surface area contributed by atoms with Crippen LogP contribution in [0.1, 0.15) is 30.8 Å². The molecule has 3 aromatic carbocycles. The van der Waals surface area contributed by atoms with E-state index in [4.69, 9.17) is 14.6 Å². The largest absolute Gasteiger partial charge is 0.481 e. The molecule has 0 saturated heterocycles. The van der Waals surface area contributed by atoms with Gasteiger partial charge in [-0.25, -0.2) is 14.1 Å². The minimum absolute atomic E-state index is 0.0252. The second-order valence-corrected chi connectivity index (χ2v) is 9.39. The third-order valence-electron chi connectivity index (χ3n) is 6.65. The molecule has 6 rings (SSSR count). The van der Waals surface area contributed by atoms with E-state index in [-0.39, 0.29) is 12.0 Å². The number of aromatic nitrogens is 6. The summed E-state index contributed by atoms with van der Waals surface area (Å²) in [5, 5.41) is 21.9. The zero-order chi connectivity index (χ0) is 27.6. The monoisotopic (exact) mass is 538 g/mol. The van der Waals surface area contributed by atoms with Crippen LogP contribution in [-0.2, 0) is 17.8 Å². The van der Waals surface area contributed by atoms with Crippen molar-refractivity contribution in [3.05, 3.63) is 101 Å². The van der Waals surface area contributed by atoms with Crippen molar-refractivity contribution in [1.82, 2.24) is 29.7 Å². The summed E-state index contributed by atoms with van der Waals surface area (Å²) in [7, 11) is 0. The van der Waals surface area contributed by atoms with Crippen LogP contribution < -0.4 is 5.56 Å². The van der Waals surface area contributed by atoms with Crippen LogP contribution in [0.4, 0.5) is 4.39 Å². The van der Waals surface area contributed by atoms with Gasteiger partial charge in [-0.3, -0.25) is 14.2 Å². The predicted octanol–water partition coefficient (Wildman–Crippen LogP) is 4.77. The second-order valence-electron chi connectivity index (χ2n) is 9.39. The third kappa shape index (κ3) is 4.96. The lowest BCUT2D eigenvalue weighted by Crippen LogP contribution is -2.24. The Kier molecular flexibility index (Phi) is 6.61. The fraction of sp³-hybridized carbons (Fsp3) is 0.172. The van der Waals surface area contributed by atoms with Crippen LogP contribution >= 0.6 is 0 Å². The van der Waals surface area contributed by atoms with E-state index in [1.807, 2.05) is 30.3 Å². The molecule has 0 spiro atoms. The van der Waals surface area contributed by atoms with Gasteiger partial charge in [0.2, 0.25) is 0 Å². The second kappa shape index (κ2) is 10.5. The van der Waals surface area contributed by atoms with Crippen LogP contribution in [0.5, 0.6) is 0 Å². The maximum absolute atomic E-state index is 13.6. The van der Waals surface area contributed by atoms with E-state index in [0.29, 0.717) is 65.2 Å². The Hall–Kier alpha value is -5.19. The van der Waals surface area contributed by atoms with E-state index in [2.05, 4.69) is 15.5 Å². The first-order chi connectivity index (χ1) is 19.5. The Bertz CT molecular complexity index is 1910. The van der Waals surface area contributed by atoms with Crippen LogP contribution in [0.15, 0.2) is 82.1 Å². The molecule has 0 unspecified atom stereocenters. The first-order valence-corrected chi connectivity index (χ1v) is 12.7. The number of aryl methyl sites for hydroxylation is 1. The Labute approximate surface area is 226 Å². The summed E-state index contributed by atoms with van der Waals surface area (Å²) in [6.07, 6.45) is 1.36. The zero-order valence-electron chi connectivity index (χ0n) is 21.2. The molecule has 11 heteroatoms. The summed E-state index contributed by atoms with van der Waals surface area (Å²) >= 11 is 0. The Morgan fingerprint density at radius 2 is 1.80 bits per heavy atom. The molecule has 40 heavy (non-hydrogen) atoms. The first kappa shape index (κ1) is 25.1. The minimum atomic E-state index is -0.879. The number of benzene rings is 3. The molecule has 0 atom stereocenters. The minimum Gasteiger partial charge on any atom is -0.481 e. The van der Waals surface area contributed by atoms with Gasteiger partial charge in [0.25, 0.3) is 5.56 Å². The Morgan fingerprint density at radius 1 is 0.975 bits per heavy atom. The summed E-state index contributed by atoms with van der Waals surface area (Å²) in [6, 6.07) is 20.3. The van der Waals surface area contributed by atoms with Gasteiger partial charge >= 0.3 is 5.97 Å². The van der Waals surface area contributed by atoms with Crippen LogP contribution in [0.2, 0.25) is 0 Å². The lowest BCUT2D eigenvalue weighted by molar-refractivity contribution is -0.137. The molecular formula is C29H23FN6O4. The van der Waals surface area contributed by atoms with Crippen LogP contribution in [0, 0.1) is 5.82 Å². The van der Waals surface area contributed by atoms with Gasteiger partial charge in [0.05, 0.1) is 22.1 Å². The quantitative estimate of drug-likeness (QED) is 0.261. The van der Waals surface area contributed by atoms with E-state index in [0.717, 1.165) is 11.0 Å². The first-order valence-electron chi connectivity index (χ1n) is 12.7. The van der Waals surface area contributed by atoms with Crippen LogP contribution in [0.3, 0.4) is 0 Å². The molecule has 0 fully saturated rings. The highest BCUT2D eigenvalue weighted by molar-refractivity contribution is 5.83. The Morgan fingerprint density at radius 3 is 2.62 bits per heavy atom. The number of hydrogen-bond donors (Lipinski definition) is 1. The van der Waals surface area contributed by atoms with Gasteiger partial charge in [-0.1, -0.05) is 28.6 Å². The molecule has 10 nitrogen and oxygen atoms in total. The van der Waals surface area contributed by atoms with Gasteiger partial charge in [-0.15, -0.1) is 5.10 Å². The van der Waals surface area contributed by atoms with Gasteiger partial charge in [0, 0.05) is 24.5 Å². The average Bonchev–Trinajstić information content (AvgIpc) is 3.59. The summed E-state index contributed by atoms with van der Waals surface area (Å²) in [4.78, 5) is 29.3. The van der Waals surface area contributed by atoms with E-state index in [1.54, 1.807) is 22.9 Å². The fourth-order valence-corrected chi connectivity index (χ4v) is 4.68. The summed E-state index contributed by atoms with van der Waals surface area (Å²) in [6.45, 7) is 0.349. The number of hydrogen-bond acceptors (Lipinski definition) is 7. The molecule has 1 N–H and O–H groups in total. The van der Waals surface area contributed by atoms with Crippen molar-refractivity contribution in [3.63, 3.8) is 0 Å². The molecule has 0 aliphatic heterocycles. The molecule has 0 amide bonds. The van der Waals surface area contributed by atoms with Crippen molar-refractivity contribution >= 4 is 27.9 Å². The highest BCUT2D eigenvalue weighted by Crippen LogP contribution is 2.24. The van der Waals surface area contributed by atoms with E-state index < -0.39 is 11.8 Å². The van der Waals surface area contributed by atoms with Crippen molar-refractivity contribution in [1.29, 1.82) is 0 Å². The number of para-hydroxylation sites is 1. The van der Waals surface area contributed by atoms with Crippen molar-refractivity contribution in [3.8, 4) is 16.9 Å². The number of nitrogens with zero attached hydrogens (tertiary/aromatic N) is 6. The average molecular weight is 539 g/mol. The Balaban J connectivity index is 1.34. The van der Waals surface area contributed by atoms with Crippen molar-refractivity contribution < 1.29 is 18.8 Å². The number of carboxylic acid groups (broad SMARTS) is 1. The number of unbranched alkanes of at least 4 members (excludes halogenated alkanes) is 1. The summed E-state index contributed by atoms with van der Waals surface area (Å²) in [5.74, 6) is -0.242. The molecule has 3 aromatic heterocycles. The number of halogens is 1. The molecule has 3 heterocycles. The van der Waals surface area contributed by atoms with E-state index >= 15 is 0 Å². The zero-order valence-corrected chi connectivity index (χ0v) is 21.2. The lowest BCUT2D eigenvalue weighted by atomic mass is 10.1. The van der Waals surface area contributed by atoms with Gasteiger partial charge in [-0.2, -0.15) is 0 Å². The number of carbonyl (C=O) groups is 1. The smallest absolute Gasteiger partial charge is 0.303 e. The molecule has 0 bridgehead atoms.